The molecule has 2 N–H and O–H groups in total. The smallest absolute Gasteiger partial charge is 0.408 e. The second-order valence-corrected chi connectivity index (χ2v) is 10.1. The van der Waals surface area contributed by atoms with Crippen molar-refractivity contribution < 1.29 is 19.1 Å². The third kappa shape index (κ3) is 8.28. The number of para-hydroxylation sites is 1. The molecule has 0 aliphatic heterocycles. The Kier molecular flexibility index (Phi) is 9.12. The van der Waals surface area contributed by atoms with E-state index in [2.05, 4.69) is 38.6 Å². The standard InChI is InChI=1S/C31H34N4O4/c1-31(2,3)39-30(37)33-27(22-38-21-24-14-8-5-9-15-24)29(36)34-32-18-25-20-35(19-23-12-6-4-7-13-23)28-17-11-10-16-26(25)28/h4-18,20,27H,19,21-22H2,1-3H3,(H,33,37)(H,34,36)/b32-18-/t27-/m0/s1. The average Bonchev–Trinajstić information content (AvgIpc) is 3.25. The van der Waals surface area contributed by atoms with Crippen LogP contribution in [-0.2, 0) is 27.4 Å². The maximum absolute atomic E-state index is 13.0. The van der Waals surface area contributed by atoms with Gasteiger partial charge < -0.3 is 19.4 Å². The highest BCUT2D eigenvalue weighted by Crippen LogP contribution is 2.21. The van der Waals surface area contributed by atoms with Gasteiger partial charge in [0.1, 0.15) is 11.6 Å². The predicted octanol–water partition coefficient (Wildman–Crippen LogP) is 5.25. The van der Waals surface area contributed by atoms with Gasteiger partial charge in [-0.1, -0.05) is 78.9 Å². The van der Waals surface area contributed by atoms with Gasteiger partial charge in [0.05, 0.1) is 19.4 Å². The van der Waals surface area contributed by atoms with Crippen LogP contribution in [0.25, 0.3) is 10.9 Å². The minimum atomic E-state index is -1.000. The molecule has 8 nitrogen and oxygen atoms in total. The van der Waals surface area contributed by atoms with E-state index in [1.54, 1.807) is 27.0 Å². The summed E-state index contributed by atoms with van der Waals surface area (Å²) < 4.78 is 13.2. The van der Waals surface area contributed by atoms with Gasteiger partial charge in [-0.15, -0.1) is 0 Å². The fourth-order valence-electron chi connectivity index (χ4n) is 4.03. The topological polar surface area (TPSA) is 93.9 Å². The molecule has 8 heteroatoms. The summed E-state index contributed by atoms with van der Waals surface area (Å²) in [7, 11) is 0. The number of ether oxygens (including phenoxy) is 2. The van der Waals surface area contributed by atoms with Crippen LogP contribution in [0.4, 0.5) is 4.79 Å². The summed E-state index contributed by atoms with van der Waals surface area (Å²) in [6, 6.07) is 26.8. The molecular formula is C31H34N4O4. The predicted molar refractivity (Wildman–Crippen MR) is 152 cm³/mol. The molecule has 1 heterocycles. The summed E-state index contributed by atoms with van der Waals surface area (Å²) in [6.45, 7) is 6.23. The fourth-order valence-corrected chi connectivity index (χ4v) is 4.03. The normalized spacial score (nSPS) is 12.4. The number of carbonyl (C=O) groups is 2. The highest BCUT2D eigenvalue weighted by atomic mass is 16.6. The molecule has 1 aromatic heterocycles. The molecule has 0 aliphatic carbocycles. The van der Waals surface area contributed by atoms with E-state index in [0.717, 1.165) is 22.0 Å². The lowest BCUT2D eigenvalue weighted by atomic mass is 10.2. The van der Waals surface area contributed by atoms with Crippen LogP contribution < -0.4 is 10.7 Å². The third-order valence-corrected chi connectivity index (χ3v) is 5.80. The molecule has 0 spiro atoms. The van der Waals surface area contributed by atoms with Crippen molar-refractivity contribution in [2.45, 2.75) is 45.6 Å². The Hall–Kier alpha value is -4.43. The van der Waals surface area contributed by atoms with Gasteiger partial charge in [0, 0.05) is 29.2 Å². The van der Waals surface area contributed by atoms with E-state index >= 15 is 0 Å². The number of hydrazone groups is 1. The number of hydrogen-bond acceptors (Lipinski definition) is 5. The molecule has 0 unspecified atom stereocenters. The Balaban J connectivity index is 1.44. The maximum atomic E-state index is 13.0. The first-order valence-corrected chi connectivity index (χ1v) is 12.8. The molecule has 2 amide bonds. The van der Waals surface area contributed by atoms with Gasteiger partial charge in [-0.2, -0.15) is 5.10 Å². The first kappa shape index (κ1) is 27.6. The summed E-state index contributed by atoms with van der Waals surface area (Å²) in [5.74, 6) is -0.516. The first-order valence-electron chi connectivity index (χ1n) is 12.8. The maximum Gasteiger partial charge on any atom is 0.408 e. The summed E-state index contributed by atoms with van der Waals surface area (Å²) >= 11 is 0. The van der Waals surface area contributed by atoms with Gasteiger partial charge >= 0.3 is 6.09 Å². The van der Waals surface area contributed by atoms with Crippen molar-refractivity contribution in [2.75, 3.05) is 6.61 Å². The van der Waals surface area contributed by atoms with E-state index in [0.29, 0.717) is 13.2 Å². The molecule has 4 aromatic rings. The number of nitrogens with zero attached hydrogens (tertiary/aromatic N) is 2. The van der Waals surface area contributed by atoms with Crippen molar-refractivity contribution in [3.05, 3.63) is 108 Å². The molecule has 0 radical (unpaired) electrons. The molecule has 3 aromatic carbocycles. The van der Waals surface area contributed by atoms with Crippen LogP contribution in [0, 0.1) is 0 Å². The van der Waals surface area contributed by atoms with Crippen LogP contribution in [0.5, 0.6) is 0 Å². The van der Waals surface area contributed by atoms with Crippen LogP contribution in [0.2, 0.25) is 0 Å². The number of alkyl carbamates (subject to hydrolysis) is 1. The van der Waals surface area contributed by atoms with Crippen LogP contribution in [0.1, 0.15) is 37.5 Å². The largest absolute Gasteiger partial charge is 0.444 e. The van der Waals surface area contributed by atoms with Crippen molar-refractivity contribution >= 4 is 29.1 Å². The third-order valence-electron chi connectivity index (χ3n) is 5.80. The number of amides is 2. The SMILES string of the molecule is CC(C)(C)OC(=O)N[C@@H](COCc1ccccc1)C(=O)N/N=C\c1cn(Cc2ccccc2)c2ccccc12. The lowest BCUT2D eigenvalue weighted by Gasteiger charge is -2.22. The van der Waals surface area contributed by atoms with Gasteiger partial charge in [-0.3, -0.25) is 4.79 Å². The van der Waals surface area contributed by atoms with E-state index < -0.39 is 23.6 Å². The van der Waals surface area contributed by atoms with E-state index in [1.165, 1.54) is 5.56 Å². The highest BCUT2D eigenvalue weighted by molar-refractivity contribution is 6.00. The molecule has 0 bridgehead atoms. The van der Waals surface area contributed by atoms with E-state index in [9.17, 15) is 9.59 Å². The van der Waals surface area contributed by atoms with Crippen molar-refractivity contribution in [1.82, 2.24) is 15.3 Å². The van der Waals surface area contributed by atoms with Crippen LogP contribution in [0.3, 0.4) is 0 Å². The molecule has 0 fully saturated rings. The molecule has 202 valence electrons. The summed E-state index contributed by atoms with van der Waals surface area (Å²) in [4.78, 5) is 25.4. The Labute approximate surface area is 228 Å². The number of aromatic nitrogens is 1. The number of rotatable bonds is 10. The van der Waals surface area contributed by atoms with Crippen molar-refractivity contribution in [2.24, 2.45) is 5.10 Å². The quantitative estimate of drug-likeness (QED) is 0.218. The van der Waals surface area contributed by atoms with Crippen LogP contribution in [-0.4, -0.2) is 41.0 Å². The fraction of sp³-hybridized carbons (Fsp3) is 0.258. The molecule has 4 rings (SSSR count). The summed E-state index contributed by atoms with van der Waals surface area (Å²) in [5.41, 5.74) is 5.90. The lowest BCUT2D eigenvalue weighted by Crippen LogP contribution is -2.49. The van der Waals surface area contributed by atoms with Gasteiger partial charge in [0.15, 0.2) is 0 Å². The van der Waals surface area contributed by atoms with Crippen molar-refractivity contribution in [3.63, 3.8) is 0 Å². The van der Waals surface area contributed by atoms with Gasteiger partial charge in [-0.25, -0.2) is 10.2 Å². The summed E-state index contributed by atoms with van der Waals surface area (Å²) in [5, 5.41) is 7.80. The number of fused-ring (bicyclic) bond motifs is 1. The van der Waals surface area contributed by atoms with Gasteiger partial charge in [-0.05, 0) is 38.0 Å². The highest BCUT2D eigenvalue weighted by Gasteiger charge is 2.24. The molecule has 0 saturated carbocycles. The number of benzene rings is 3. The number of carbonyl (C=O) groups excluding carboxylic acids is 2. The Morgan fingerprint density at radius 1 is 0.923 bits per heavy atom. The van der Waals surface area contributed by atoms with E-state index in [1.807, 2.05) is 72.9 Å². The van der Waals surface area contributed by atoms with Gasteiger partial charge in [0.25, 0.3) is 5.91 Å². The Morgan fingerprint density at radius 2 is 1.56 bits per heavy atom. The zero-order chi connectivity index (χ0) is 27.7. The second-order valence-electron chi connectivity index (χ2n) is 10.1. The minimum absolute atomic E-state index is 0.0497. The molecule has 1 atom stereocenters. The van der Waals surface area contributed by atoms with Crippen LogP contribution in [0.15, 0.2) is 96.2 Å². The molecular weight excluding hydrogens is 492 g/mol. The number of nitrogens with one attached hydrogen (secondary N) is 2. The summed E-state index contributed by atoms with van der Waals surface area (Å²) in [6.07, 6.45) is 2.91. The number of hydrogen-bond donors (Lipinski definition) is 2. The lowest BCUT2D eigenvalue weighted by molar-refractivity contribution is -0.124. The molecule has 0 saturated heterocycles. The monoisotopic (exact) mass is 526 g/mol. The Bertz CT molecular complexity index is 1410. The van der Waals surface area contributed by atoms with Gasteiger partial charge in [0.2, 0.25) is 0 Å². The zero-order valence-electron chi connectivity index (χ0n) is 22.5. The Morgan fingerprint density at radius 3 is 2.26 bits per heavy atom. The minimum Gasteiger partial charge on any atom is -0.444 e. The van der Waals surface area contributed by atoms with Crippen LogP contribution >= 0.6 is 0 Å². The van der Waals surface area contributed by atoms with Crippen molar-refractivity contribution in [3.8, 4) is 0 Å². The first-order chi connectivity index (χ1) is 18.8. The van der Waals surface area contributed by atoms with E-state index in [4.69, 9.17) is 9.47 Å². The zero-order valence-corrected chi connectivity index (χ0v) is 22.5. The van der Waals surface area contributed by atoms with Crippen molar-refractivity contribution in [1.29, 1.82) is 0 Å². The molecule has 0 aliphatic rings. The molecule has 39 heavy (non-hydrogen) atoms. The van der Waals surface area contributed by atoms with E-state index in [-0.39, 0.29) is 6.61 Å². The average molecular weight is 527 g/mol. The second kappa shape index (κ2) is 12.9.